The first-order valence-electron chi connectivity index (χ1n) is 6.05. The number of nitrogens with two attached hydrogens (primary N) is 1. The average molecular weight is 341 g/mol. The molecule has 0 bridgehead atoms. The molecular formula is C15H15BrClNO. The van der Waals surface area contributed by atoms with Crippen molar-refractivity contribution >= 4 is 27.5 Å². The van der Waals surface area contributed by atoms with Gasteiger partial charge in [0.25, 0.3) is 0 Å². The van der Waals surface area contributed by atoms with Gasteiger partial charge in [0.2, 0.25) is 0 Å². The van der Waals surface area contributed by atoms with Crippen molar-refractivity contribution in [3.63, 3.8) is 0 Å². The lowest BCUT2D eigenvalue weighted by Gasteiger charge is -2.09. The summed E-state index contributed by atoms with van der Waals surface area (Å²) in [6.45, 7) is 1.13. The van der Waals surface area contributed by atoms with Gasteiger partial charge in [-0.25, -0.2) is 0 Å². The lowest BCUT2D eigenvalue weighted by atomic mass is 10.1. The fourth-order valence-electron chi connectivity index (χ4n) is 1.78. The standard InChI is InChI=1S/C15H15BrClNO/c16-15-5-4-14(9-12(15)6-7-18)19-10-11-2-1-3-13(17)8-11/h1-5,8-9H,6-7,10,18H2. The van der Waals surface area contributed by atoms with Gasteiger partial charge in [-0.2, -0.15) is 0 Å². The van der Waals surface area contributed by atoms with Crippen LogP contribution in [0.25, 0.3) is 0 Å². The van der Waals surface area contributed by atoms with Gasteiger partial charge in [0.1, 0.15) is 12.4 Å². The zero-order valence-corrected chi connectivity index (χ0v) is 12.7. The van der Waals surface area contributed by atoms with Gasteiger partial charge in [-0.15, -0.1) is 0 Å². The molecule has 2 N–H and O–H groups in total. The van der Waals surface area contributed by atoms with Crippen molar-refractivity contribution in [3.8, 4) is 5.75 Å². The minimum Gasteiger partial charge on any atom is -0.489 e. The van der Waals surface area contributed by atoms with Crippen LogP contribution in [0, 0.1) is 0 Å². The molecule has 2 nitrogen and oxygen atoms in total. The Kier molecular flexibility index (Phi) is 5.25. The predicted octanol–water partition coefficient (Wildman–Crippen LogP) is 4.18. The van der Waals surface area contributed by atoms with E-state index in [1.165, 1.54) is 0 Å². The summed E-state index contributed by atoms with van der Waals surface area (Å²) in [6.07, 6.45) is 0.828. The maximum absolute atomic E-state index is 5.94. The van der Waals surface area contributed by atoms with Gasteiger partial charge in [0.15, 0.2) is 0 Å². The van der Waals surface area contributed by atoms with Crippen LogP contribution in [0.2, 0.25) is 5.02 Å². The molecule has 0 amide bonds. The van der Waals surface area contributed by atoms with Gasteiger partial charge < -0.3 is 10.5 Å². The van der Waals surface area contributed by atoms with Crippen LogP contribution < -0.4 is 10.5 Å². The Hall–Kier alpha value is -1.03. The molecule has 100 valence electrons. The van der Waals surface area contributed by atoms with Gasteiger partial charge in [-0.3, -0.25) is 0 Å². The largest absolute Gasteiger partial charge is 0.489 e. The first-order chi connectivity index (χ1) is 9.19. The molecule has 2 aromatic carbocycles. The molecule has 2 aromatic rings. The molecule has 0 aliphatic heterocycles. The number of hydrogen-bond donors (Lipinski definition) is 1. The Balaban J connectivity index is 2.05. The number of hydrogen-bond acceptors (Lipinski definition) is 2. The van der Waals surface area contributed by atoms with Gasteiger partial charge in [-0.1, -0.05) is 39.7 Å². The lowest BCUT2D eigenvalue weighted by molar-refractivity contribution is 0.306. The van der Waals surface area contributed by atoms with Crippen LogP contribution in [-0.2, 0) is 13.0 Å². The molecule has 0 aromatic heterocycles. The van der Waals surface area contributed by atoms with Crippen molar-refractivity contribution in [3.05, 3.63) is 63.1 Å². The Morgan fingerprint density at radius 3 is 2.74 bits per heavy atom. The van der Waals surface area contributed by atoms with E-state index in [1.54, 1.807) is 0 Å². The Bertz CT molecular complexity index is 560. The Morgan fingerprint density at radius 1 is 1.16 bits per heavy atom. The van der Waals surface area contributed by atoms with Crippen molar-refractivity contribution in [2.24, 2.45) is 5.73 Å². The zero-order valence-electron chi connectivity index (χ0n) is 10.4. The van der Waals surface area contributed by atoms with E-state index < -0.39 is 0 Å². The van der Waals surface area contributed by atoms with E-state index in [0.717, 1.165) is 32.8 Å². The summed E-state index contributed by atoms with van der Waals surface area (Å²) in [6, 6.07) is 13.6. The van der Waals surface area contributed by atoms with E-state index >= 15 is 0 Å². The van der Waals surface area contributed by atoms with E-state index in [0.29, 0.717) is 13.2 Å². The van der Waals surface area contributed by atoms with Crippen molar-refractivity contribution in [2.75, 3.05) is 6.54 Å². The first kappa shape index (κ1) is 14.4. The molecule has 0 fully saturated rings. The molecule has 0 saturated carbocycles. The molecule has 0 unspecified atom stereocenters. The third-order valence-electron chi connectivity index (χ3n) is 2.73. The molecule has 0 saturated heterocycles. The summed E-state index contributed by atoms with van der Waals surface area (Å²) in [5.41, 5.74) is 7.79. The van der Waals surface area contributed by atoms with Crippen molar-refractivity contribution in [1.82, 2.24) is 0 Å². The minimum atomic E-state index is 0.504. The smallest absolute Gasteiger partial charge is 0.120 e. The van der Waals surface area contributed by atoms with Gasteiger partial charge in [-0.05, 0) is 54.4 Å². The lowest BCUT2D eigenvalue weighted by Crippen LogP contribution is -2.04. The van der Waals surface area contributed by atoms with Crippen LogP contribution in [0.4, 0.5) is 0 Å². The molecule has 0 aliphatic rings. The minimum absolute atomic E-state index is 0.504. The SMILES string of the molecule is NCCc1cc(OCc2cccc(Cl)c2)ccc1Br. The molecule has 0 spiro atoms. The van der Waals surface area contributed by atoms with Crippen LogP contribution in [-0.4, -0.2) is 6.54 Å². The monoisotopic (exact) mass is 339 g/mol. The van der Waals surface area contributed by atoms with E-state index in [-0.39, 0.29) is 0 Å². The average Bonchev–Trinajstić information content (AvgIpc) is 2.40. The van der Waals surface area contributed by atoms with Crippen molar-refractivity contribution < 1.29 is 4.74 Å². The highest BCUT2D eigenvalue weighted by Gasteiger charge is 2.03. The second-order valence-corrected chi connectivity index (χ2v) is 5.50. The van der Waals surface area contributed by atoms with Crippen LogP contribution in [0.15, 0.2) is 46.9 Å². The highest BCUT2D eigenvalue weighted by molar-refractivity contribution is 9.10. The van der Waals surface area contributed by atoms with E-state index in [9.17, 15) is 0 Å². The molecule has 2 rings (SSSR count). The van der Waals surface area contributed by atoms with E-state index in [4.69, 9.17) is 22.1 Å². The molecule has 4 heteroatoms. The molecule has 0 heterocycles. The number of rotatable bonds is 5. The Labute approximate surface area is 126 Å². The maximum Gasteiger partial charge on any atom is 0.120 e. The van der Waals surface area contributed by atoms with Crippen LogP contribution in [0.1, 0.15) is 11.1 Å². The van der Waals surface area contributed by atoms with Crippen LogP contribution in [0.5, 0.6) is 5.75 Å². The van der Waals surface area contributed by atoms with E-state index in [1.807, 2.05) is 42.5 Å². The fourth-order valence-corrected chi connectivity index (χ4v) is 2.44. The number of halogens is 2. The molecule has 19 heavy (non-hydrogen) atoms. The summed E-state index contributed by atoms with van der Waals surface area (Å²) < 4.78 is 6.83. The molecule has 0 aliphatic carbocycles. The number of ether oxygens (including phenoxy) is 1. The summed E-state index contributed by atoms with van der Waals surface area (Å²) >= 11 is 9.45. The normalized spacial score (nSPS) is 10.5. The van der Waals surface area contributed by atoms with Crippen LogP contribution in [0.3, 0.4) is 0 Å². The van der Waals surface area contributed by atoms with Gasteiger partial charge >= 0.3 is 0 Å². The van der Waals surface area contributed by atoms with Crippen molar-refractivity contribution in [2.45, 2.75) is 13.0 Å². The van der Waals surface area contributed by atoms with Crippen molar-refractivity contribution in [1.29, 1.82) is 0 Å². The maximum atomic E-state index is 5.94. The topological polar surface area (TPSA) is 35.2 Å². The predicted molar refractivity (Wildman–Crippen MR) is 82.7 cm³/mol. The number of benzene rings is 2. The van der Waals surface area contributed by atoms with Gasteiger partial charge in [0, 0.05) is 9.50 Å². The third-order valence-corrected chi connectivity index (χ3v) is 3.73. The molecule has 0 atom stereocenters. The summed E-state index contributed by atoms with van der Waals surface area (Å²) in [4.78, 5) is 0. The summed E-state index contributed by atoms with van der Waals surface area (Å²) in [7, 11) is 0. The fraction of sp³-hybridized carbons (Fsp3) is 0.200. The Morgan fingerprint density at radius 2 is 2.00 bits per heavy atom. The second-order valence-electron chi connectivity index (χ2n) is 4.21. The van der Waals surface area contributed by atoms with E-state index in [2.05, 4.69) is 15.9 Å². The third kappa shape index (κ3) is 4.23. The van der Waals surface area contributed by atoms with Crippen LogP contribution >= 0.6 is 27.5 Å². The molecule has 0 radical (unpaired) electrons. The molecular weight excluding hydrogens is 326 g/mol. The second kappa shape index (κ2) is 6.94. The highest BCUT2D eigenvalue weighted by atomic mass is 79.9. The quantitative estimate of drug-likeness (QED) is 0.886. The zero-order chi connectivity index (χ0) is 13.7. The highest BCUT2D eigenvalue weighted by Crippen LogP contribution is 2.23. The summed E-state index contributed by atoms with van der Waals surface area (Å²) in [5, 5.41) is 0.723. The first-order valence-corrected chi connectivity index (χ1v) is 7.22. The summed E-state index contributed by atoms with van der Waals surface area (Å²) in [5.74, 6) is 0.839. The van der Waals surface area contributed by atoms with Gasteiger partial charge in [0.05, 0.1) is 0 Å².